The minimum Gasteiger partial charge on any atom is -0.455 e. The van der Waals surface area contributed by atoms with Crippen LogP contribution in [0.15, 0.2) is 4.42 Å². The summed E-state index contributed by atoms with van der Waals surface area (Å²) in [7, 11) is 0. The molecule has 1 N–H and O–H groups in total. The van der Waals surface area contributed by atoms with E-state index in [1.54, 1.807) is 6.92 Å². The molecule has 5 heteroatoms. The van der Waals surface area contributed by atoms with Crippen molar-refractivity contribution in [1.82, 2.24) is 5.32 Å². The molecule has 0 radical (unpaired) electrons. The summed E-state index contributed by atoms with van der Waals surface area (Å²) in [5.41, 5.74) is 1.32. The van der Waals surface area contributed by atoms with E-state index in [0.717, 1.165) is 45.1 Å². The highest BCUT2D eigenvalue weighted by Crippen LogP contribution is 2.29. The van der Waals surface area contributed by atoms with Gasteiger partial charge in [0, 0.05) is 31.1 Å². The molecule has 0 aromatic carbocycles. The van der Waals surface area contributed by atoms with E-state index in [4.69, 9.17) is 9.15 Å². The number of amides is 1. The Morgan fingerprint density at radius 2 is 2.17 bits per heavy atom. The zero-order valence-corrected chi connectivity index (χ0v) is 13.9. The van der Waals surface area contributed by atoms with Gasteiger partial charge >= 0.3 is 0 Å². The van der Waals surface area contributed by atoms with Gasteiger partial charge in [-0.25, -0.2) is 0 Å². The van der Waals surface area contributed by atoms with Crippen LogP contribution in [0.4, 0.5) is 0 Å². The third-order valence-corrected chi connectivity index (χ3v) is 4.84. The van der Waals surface area contributed by atoms with Gasteiger partial charge < -0.3 is 14.5 Å². The number of ether oxygens (including phenoxy) is 1. The summed E-state index contributed by atoms with van der Waals surface area (Å²) in [5.74, 6) is 0.854. The topological polar surface area (TPSA) is 68.5 Å². The zero-order valence-electron chi connectivity index (χ0n) is 13.9. The number of hydrogen-bond donors (Lipinski definition) is 1. The predicted octanol–water partition coefficient (Wildman–Crippen LogP) is 3.18. The van der Waals surface area contributed by atoms with Crippen molar-refractivity contribution >= 4 is 11.7 Å². The molecule has 1 saturated heterocycles. The molecule has 1 aliphatic heterocycles. The van der Waals surface area contributed by atoms with Crippen molar-refractivity contribution in [3.8, 4) is 0 Å². The zero-order chi connectivity index (χ0) is 16.4. The van der Waals surface area contributed by atoms with Gasteiger partial charge in [0.2, 0.25) is 0 Å². The van der Waals surface area contributed by atoms with Gasteiger partial charge in [-0.1, -0.05) is 0 Å². The molecule has 3 rings (SSSR count). The van der Waals surface area contributed by atoms with Crippen LogP contribution in [0.2, 0.25) is 0 Å². The molecule has 2 atom stereocenters. The molecule has 1 aromatic heterocycles. The Balaban J connectivity index is 1.60. The summed E-state index contributed by atoms with van der Waals surface area (Å²) in [4.78, 5) is 24.5. The minimum absolute atomic E-state index is 0.0592. The first-order valence-corrected chi connectivity index (χ1v) is 8.64. The molecular weight excluding hydrogens is 294 g/mol. The molecule has 2 heterocycles. The Morgan fingerprint density at radius 1 is 1.35 bits per heavy atom. The lowest BCUT2D eigenvalue weighted by molar-refractivity contribution is 0.0874. The number of nitrogens with one attached hydrogen (secondary N) is 1. The van der Waals surface area contributed by atoms with Crippen molar-refractivity contribution in [2.75, 3.05) is 6.61 Å². The van der Waals surface area contributed by atoms with Crippen LogP contribution >= 0.6 is 0 Å². The first-order valence-electron chi connectivity index (χ1n) is 8.64. The van der Waals surface area contributed by atoms with Crippen molar-refractivity contribution in [1.29, 1.82) is 0 Å². The molecule has 2 aliphatic rings. The highest BCUT2D eigenvalue weighted by molar-refractivity contribution is 6.03. The molecule has 1 aliphatic carbocycles. The van der Waals surface area contributed by atoms with Crippen LogP contribution in [0.25, 0.3) is 0 Å². The first-order chi connectivity index (χ1) is 11.1. The fourth-order valence-corrected chi connectivity index (χ4v) is 3.53. The fraction of sp³-hybridized carbons (Fsp3) is 0.667. The molecular formula is C18H25NO4. The van der Waals surface area contributed by atoms with E-state index in [-0.39, 0.29) is 17.7 Å². The van der Waals surface area contributed by atoms with Gasteiger partial charge in [-0.05, 0) is 46.0 Å². The Hall–Kier alpha value is -1.62. The maximum atomic E-state index is 12.4. The van der Waals surface area contributed by atoms with Crippen LogP contribution in [0, 0.1) is 6.92 Å². The maximum absolute atomic E-state index is 12.4. The number of fused-ring (bicyclic) bond motifs is 1. The smallest absolute Gasteiger partial charge is 0.287 e. The van der Waals surface area contributed by atoms with E-state index in [1.807, 2.05) is 6.92 Å². The SMILES string of the molecule is Cc1c(C(=O)NC(C)CCC2CCCO2)oc2c1C(=O)CCC2. The Morgan fingerprint density at radius 3 is 2.87 bits per heavy atom. The van der Waals surface area contributed by atoms with Crippen molar-refractivity contribution in [3.05, 3.63) is 22.6 Å². The fourth-order valence-electron chi connectivity index (χ4n) is 3.53. The second kappa shape index (κ2) is 6.87. The summed E-state index contributed by atoms with van der Waals surface area (Å²) >= 11 is 0. The summed E-state index contributed by atoms with van der Waals surface area (Å²) in [6.07, 6.45) is 6.53. The molecule has 5 nitrogen and oxygen atoms in total. The quantitative estimate of drug-likeness (QED) is 0.905. The minimum atomic E-state index is -0.218. The molecule has 1 amide bonds. The lowest BCUT2D eigenvalue weighted by atomic mass is 9.94. The number of hydrogen-bond acceptors (Lipinski definition) is 4. The van der Waals surface area contributed by atoms with Gasteiger partial charge in [0.05, 0.1) is 11.7 Å². The average Bonchev–Trinajstić information content (AvgIpc) is 3.14. The predicted molar refractivity (Wildman–Crippen MR) is 85.8 cm³/mol. The van der Waals surface area contributed by atoms with Crippen molar-refractivity contribution in [2.45, 2.75) is 70.9 Å². The van der Waals surface area contributed by atoms with Crippen molar-refractivity contribution < 1.29 is 18.7 Å². The summed E-state index contributed by atoms with van der Waals surface area (Å²) in [6, 6.07) is 0.0592. The van der Waals surface area contributed by atoms with Gasteiger partial charge in [-0.15, -0.1) is 0 Å². The van der Waals surface area contributed by atoms with Crippen LogP contribution in [-0.4, -0.2) is 30.4 Å². The van der Waals surface area contributed by atoms with Gasteiger partial charge in [0.15, 0.2) is 11.5 Å². The normalized spacial score (nSPS) is 22.0. The summed E-state index contributed by atoms with van der Waals surface area (Å²) < 4.78 is 11.3. The van der Waals surface area contributed by atoms with Crippen LogP contribution < -0.4 is 5.32 Å². The molecule has 126 valence electrons. The number of ketones is 1. The highest BCUT2D eigenvalue weighted by atomic mass is 16.5. The number of rotatable bonds is 5. The molecule has 2 unspecified atom stereocenters. The van der Waals surface area contributed by atoms with Crippen molar-refractivity contribution in [2.24, 2.45) is 0 Å². The lowest BCUT2D eigenvalue weighted by Crippen LogP contribution is -2.33. The van der Waals surface area contributed by atoms with Gasteiger partial charge in [0.1, 0.15) is 5.76 Å². The molecule has 0 saturated carbocycles. The van der Waals surface area contributed by atoms with Crippen LogP contribution in [0.3, 0.4) is 0 Å². The summed E-state index contributed by atoms with van der Waals surface area (Å²) in [6.45, 7) is 4.66. The van der Waals surface area contributed by atoms with Crippen LogP contribution in [0.5, 0.6) is 0 Å². The van der Waals surface area contributed by atoms with Gasteiger partial charge in [-0.3, -0.25) is 9.59 Å². The first kappa shape index (κ1) is 16.2. The molecule has 1 fully saturated rings. The third-order valence-electron chi connectivity index (χ3n) is 4.84. The Labute approximate surface area is 136 Å². The van der Waals surface area contributed by atoms with Crippen molar-refractivity contribution in [3.63, 3.8) is 0 Å². The molecule has 0 bridgehead atoms. The second-order valence-corrected chi connectivity index (χ2v) is 6.72. The highest BCUT2D eigenvalue weighted by Gasteiger charge is 2.29. The maximum Gasteiger partial charge on any atom is 0.287 e. The monoisotopic (exact) mass is 319 g/mol. The molecule has 23 heavy (non-hydrogen) atoms. The van der Waals surface area contributed by atoms with E-state index in [1.165, 1.54) is 0 Å². The van der Waals surface area contributed by atoms with E-state index in [2.05, 4.69) is 5.32 Å². The van der Waals surface area contributed by atoms with Gasteiger partial charge in [-0.2, -0.15) is 0 Å². The second-order valence-electron chi connectivity index (χ2n) is 6.72. The average molecular weight is 319 g/mol. The number of furan rings is 1. The van der Waals surface area contributed by atoms with Crippen LogP contribution in [-0.2, 0) is 11.2 Å². The third kappa shape index (κ3) is 3.50. The van der Waals surface area contributed by atoms with Gasteiger partial charge in [0.25, 0.3) is 5.91 Å². The lowest BCUT2D eigenvalue weighted by Gasteiger charge is -2.15. The Kier molecular flexibility index (Phi) is 4.85. The number of carbonyl (C=O) groups is 2. The number of carbonyl (C=O) groups excluding carboxylic acids is 2. The molecule has 0 spiro atoms. The van der Waals surface area contributed by atoms with E-state index in [9.17, 15) is 9.59 Å². The van der Waals surface area contributed by atoms with Crippen LogP contribution in [0.1, 0.15) is 77.7 Å². The number of Topliss-reactive ketones (excluding diaryl/α,β-unsaturated/α-hetero) is 1. The Bertz CT molecular complexity index is 598. The summed E-state index contributed by atoms with van der Waals surface area (Å²) in [5, 5.41) is 2.99. The number of aryl methyl sites for hydroxylation is 1. The van der Waals surface area contributed by atoms with E-state index in [0.29, 0.717) is 35.2 Å². The molecule has 1 aromatic rings. The standard InChI is InChI=1S/C18H25NO4/c1-11(8-9-13-5-4-10-22-13)19-18(21)17-12(2)16-14(20)6-3-7-15(16)23-17/h11,13H,3-10H2,1-2H3,(H,19,21). The largest absolute Gasteiger partial charge is 0.455 e. The van der Waals surface area contributed by atoms with E-state index >= 15 is 0 Å². The van der Waals surface area contributed by atoms with E-state index < -0.39 is 0 Å².